The number of amides is 1. The van der Waals surface area contributed by atoms with Gasteiger partial charge in [-0.2, -0.15) is 0 Å². The van der Waals surface area contributed by atoms with Crippen molar-refractivity contribution in [1.29, 1.82) is 0 Å². The Labute approximate surface area is 178 Å². The molecule has 29 heavy (non-hydrogen) atoms. The maximum atomic E-state index is 13.1. The lowest BCUT2D eigenvalue weighted by Crippen LogP contribution is -2.37. The first kappa shape index (κ1) is 22.8. The van der Waals surface area contributed by atoms with Gasteiger partial charge in [-0.15, -0.1) is 11.8 Å². The Morgan fingerprint density at radius 1 is 1.31 bits per heavy atom. The van der Waals surface area contributed by atoms with Gasteiger partial charge in [-0.25, -0.2) is 0 Å². The quantitative estimate of drug-likeness (QED) is 0.675. The molecular weight excluding hydrogens is 380 g/mol. The van der Waals surface area contributed by atoms with Gasteiger partial charge in [0.1, 0.15) is 5.75 Å². The standard InChI is InChI=1S/C22H24N2O2S.C2H6/c1-4-6-16(7-5-2)20-14-27-21(15(3)23-20)22(26)24-11-10-17-12-19(25)9-8-18(17)13-24;1-2/h4-9,12,25H,1,10-11,13-14H2,2-3H3;1-2H3/b7-5-,16-6+;. The Hall–Kier alpha value is -2.53. The SMILES string of the molecule is C=C/C=C(\C=C/C)C1=NC(C)=C(C(=O)N2CCc3cc(O)ccc3C2)SC1.CC. The minimum atomic E-state index is 0.0410. The summed E-state index contributed by atoms with van der Waals surface area (Å²) in [5, 5.41) is 9.63. The van der Waals surface area contributed by atoms with Crippen LogP contribution in [0.15, 0.2) is 70.2 Å². The third-order valence-corrected chi connectivity index (χ3v) is 5.82. The van der Waals surface area contributed by atoms with Gasteiger partial charge in [0.15, 0.2) is 0 Å². The van der Waals surface area contributed by atoms with Crippen LogP contribution in [0.4, 0.5) is 0 Å². The van der Waals surface area contributed by atoms with Gasteiger partial charge in [-0.3, -0.25) is 9.79 Å². The van der Waals surface area contributed by atoms with Gasteiger partial charge < -0.3 is 10.0 Å². The summed E-state index contributed by atoms with van der Waals surface area (Å²) in [5.74, 6) is 0.987. The van der Waals surface area contributed by atoms with E-state index in [2.05, 4.69) is 6.58 Å². The number of aromatic hydroxyl groups is 1. The summed E-state index contributed by atoms with van der Waals surface area (Å²) in [7, 11) is 0. The number of thioether (sulfide) groups is 1. The summed E-state index contributed by atoms with van der Waals surface area (Å²) in [5.41, 5.74) is 4.97. The zero-order valence-corrected chi connectivity index (χ0v) is 18.6. The highest BCUT2D eigenvalue weighted by Gasteiger charge is 2.27. The molecule has 4 nitrogen and oxygen atoms in total. The van der Waals surface area contributed by atoms with Gasteiger partial charge >= 0.3 is 0 Å². The van der Waals surface area contributed by atoms with Crippen molar-refractivity contribution in [3.05, 3.63) is 76.4 Å². The molecule has 0 bridgehead atoms. The first-order chi connectivity index (χ1) is 14.0. The molecule has 1 aromatic rings. The van der Waals surface area contributed by atoms with E-state index in [9.17, 15) is 9.90 Å². The number of rotatable bonds is 4. The third kappa shape index (κ3) is 5.51. The first-order valence-corrected chi connectivity index (χ1v) is 11.0. The van der Waals surface area contributed by atoms with E-state index in [1.54, 1.807) is 30.0 Å². The molecule has 0 saturated carbocycles. The van der Waals surface area contributed by atoms with E-state index < -0.39 is 0 Å². The van der Waals surface area contributed by atoms with Crippen LogP contribution in [-0.2, 0) is 17.8 Å². The van der Waals surface area contributed by atoms with Gasteiger partial charge in [-0.1, -0.05) is 50.8 Å². The Bertz CT molecular complexity index is 894. The van der Waals surface area contributed by atoms with Crippen molar-refractivity contribution >= 4 is 23.4 Å². The lowest BCUT2D eigenvalue weighted by Gasteiger charge is -2.30. The van der Waals surface area contributed by atoms with Gasteiger partial charge in [-0.05, 0) is 49.1 Å². The predicted octanol–water partition coefficient (Wildman–Crippen LogP) is 5.41. The third-order valence-electron chi connectivity index (χ3n) is 4.64. The van der Waals surface area contributed by atoms with Crippen molar-refractivity contribution in [2.45, 2.75) is 40.7 Å². The predicted molar refractivity (Wildman–Crippen MR) is 124 cm³/mol. The molecule has 0 atom stereocenters. The molecule has 1 amide bonds. The largest absolute Gasteiger partial charge is 0.508 e. The molecular formula is C24H30N2O2S. The number of carbonyl (C=O) groups is 1. The average Bonchev–Trinajstić information content (AvgIpc) is 2.74. The molecule has 0 spiro atoms. The number of benzene rings is 1. The Morgan fingerprint density at radius 2 is 2.07 bits per heavy atom. The number of fused-ring (bicyclic) bond motifs is 1. The van der Waals surface area contributed by atoms with Crippen molar-refractivity contribution in [1.82, 2.24) is 4.90 Å². The van der Waals surface area contributed by atoms with Crippen LogP contribution in [0.2, 0.25) is 0 Å². The molecule has 2 heterocycles. The fraction of sp³-hybridized carbons (Fsp3) is 0.333. The van der Waals surface area contributed by atoms with E-state index in [0.717, 1.165) is 39.4 Å². The molecule has 0 radical (unpaired) electrons. The molecule has 0 aliphatic carbocycles. The highest BCUT2D eigenvalue weighted by Crippen LogP contribution is 2.31. The highest BCUT2D eigenvalue weighted by molar-refractivity contribution is 8.04. The number of carbonyl (C=O) groups excluding carboxylic acids is 1. The van der Waals surface area contributed by atoms with E-state index in [1.807, 2.05) is 56.9 Å². The molecule has 2 aliphatic heterocycles. The average molecular weight is 411 g/mol. The topological polar surface area (TPSA) is 52.9 Å². The molecule has 0 unspecified atom stereocenters. The van der Waals surface area contributed by atoms with Gasteiger partial charge in [0.2, 0.25) is 0 Å². The first-order valence-electron chi connectivity index (χ1n) is 10.0. The van der Waals surface area contributed by atoms with Crippen LogP contribution in [0, 0.1) is 0 Å². The fourth-order valence-corrected chi connectivity index (χ4v) is 4.33. The van der Waals surface area contributed by atoms with E-state index >= 15 is 0 Å². The van der Waals surface area contributed by atoms with Gasteiger partial charge in [0.05, 0.1) is 16.3 Å². The van der Waals surface area contributed by atoms with Gasteiger partial charge in [0.25, 0.3) is 5.91 Å². The van der Waals surface area contributed by atoms with E-state index in [-0.39, 0.29) is 11.7 Å². The minimum Gasteiger partial charge on any atom is -0.508 e. The highest BCUT2D eigenvalue weighted by atomic mass is 32.2. The van der Waals surface area contributed by atoms with E-state index in [0.29, 0.717) is 18.8 Å². The second-order valence-electron chi connectivity index (χ2n) is 6.55. The molecule has 0 aromatic heterocycles. The smallest absolute Gasteiger partial charge is 0.262 e. The minimum absolute atomic E-state index is 0.0410. The lowest BCUT2D eigenvalue weighted by molar-refractivity contribution is -0.127. The molecule has 5 heteroatoms. The summed E-state index contributed by atoms with van der Waals surface area (Å²) in [4.78, 5) is 20.3. The van der Waals surface area contributed by atoms with Crippen molar-refractivity contribution in [2.24, 2.45) is 4.99 Å². The van der Waals surface area contributed by atoms with Crippen LogP contribution in [0.1, 0.15) is 38.8 Å². The molecule has 1 N–H and O–H groups in total. The zero-order chi connectivity index (χ0) is 21.4. The summed E-state index contributed by atoms with van der Waals surface area (Å²) in [6.07, 6.45) is 8.44. The summed E-state index contributed by atoms with van der Waals surface area (Å²) in [6, 6.07) is 5.37. The van der Waals surface area contributed by atoms with Crippen molar-refractivity contribution in [3.8, 4) is 5.75 Å². The number of aliphatic imine (C=N–C) groups is 1. The molecule has 0 saturated heterocycles. The number of hydrogen-bond acceptors (Lipinski definition) is 4. The number of allylic oxidation sites excluding steroid dienone is 6. The van der Waals surface area contributed by atoms with Crippen molar-refractivity contribution in [2.75, 3.05) is 12.3 Å². The van der Waals surface area contributed by atoms with Crippen LogP contribution in [0.3, 0.4) is 0 Å². The molecule has 154 valence electrons. The van der Waals surface area contributed by atoms with Crippen molar-refractivity contribution in [3.63, 3.8) is 0 Å². The molecule has 1 aromatic carbocycles. The number of phenols is 1. The summed E-state index contributed by atoms with van der Waals surface area (Å²) >= 11 is 1.55. The Morgan fingerprint density at radius 3 is 2.72 bits per heavy atom. The van der Waals surface area contributed by atoms with Crippen LogP contribution < -0.4 is 0 Å². The number of hydrogen-bond donors (Lipinski definition) is 1. The molecule has 2 aliphatic rings. The molecule has 0 fully saturated rings. The molecule has 3 rings (SSSR count). The monoisotopic (exact) mass is 410 g/mol. The maximum Gasteiger partial charge on any atom is 0.262 e. The Kier molecular flexibility index (Phi) is 8.52. The fourth-order valence-electron chi connectivity index (χ4n) is 3.31. The maximum absolute atomic E-state index is 13.1. The summed E-state index contributed by atoms with van der Waals surface area (Å²) in [6.45, 7) is 12.9. The van der Waals surface area contributed by atoms with Crippen LogP contribution in [0.25, 0.3) is 0 Å². The second kappa shape index (κ2) is 10.9. The van der Waals surface area contributed by atoms with E-state index in [4.69, 9.17) is 4.99 Å². The number of phenolic OH excluding ortho intramolecular Hbond substituents is 1. The Balaban J connectivity index is 0.00000145. The van der Waals surface area contributed by atoms with Crippen LogP contribution in [-0.4, -0.2) is 33.9 Å². The van der Waals surface area contributed by atoms with E-state index in [1.165, 1.54) is 0 Å². The van der Waals surface area contributed by atoms with Crippen LogP contribution in [0.5, 0.6) is 5.75 Å². The van der Waals surface area contributed by atoms with Crippen molar-refractivity contribution < 1.29 is 9.90 Å². The van der Waals surface area contributed by atoms with Gasteiger partial charge in [0, 0.05) is 18.8 Å². The summed E-state index contributed by atoms with van der Waals surface area (Å²) < 4.78 is 0. The normalized spacial score (nSPS) is 16.8. The zero-order valence-electron chi connectivity index (χ0n) is 17.7. The second-order valence-corrected chi connectivity index (χ2v) is 7.53. The van der Waals surface area contributed by atoms with Crippen LogP contribution >= 0.6 is 11.8 Å². The number of nitrogens with zero attached hydrogens (tertiary/aromatic N) is 2. The lowest BCUT2D eigenvalue weighted by atomic mass is 9.99.